The van der Waals surface area contributed by atoms with Crippen molar-refractivity contribution in [2.45, 2.75) is 26.1 Å². The molecular formula is C36H37BS. The molecule has 0 aromatic heterocycles. The summed E-state index contributed by atoms with van der Waals surface area (Å²) in [6, 6.07) is 53.9. The summed E-state index contributed by atoms with van der Waals surface area (Å²) in [5.74, 6) is 0. The van der Waals surface area contributed by atoms with Gasteiger partial charge in [0.25, 0.3) is 0 Å². The van der Waals surface area contributed by atoms with E-state index in [4.69, 9.17) is 0 Å². The Morgan fingerprint density at radius 3 is 1.13 bits per heavy atom. The van der Waals surface area contributed by atoms with Crippen LogP contribution in [0.3, 0.4) is 0 Å². The zero-order chi connectivity index (χ0) is 26.5. The lowest BCUT2D eigenvalue weighted by Crippen LogP contribution is -2.66. The van der Waals surface area contributed by atoms with E-state index >= 15 is 0 Å². The largest absolute Gasteiger partial charge is 0.200 e. The average molecular weight is 513 g/mol. The van der Waals surface area contributed by atoms with E-state index in [1.807, 2.05) is 41.8 Å². The summed E-state index contributed by atoms with van der Waals surface area (Å²) in [4.78, 5) is 0. The minimum Gasteiger partial charge on any atom is -0.200 e. The molecule has 0 spiro atoms. The molecule has 0 heterocycles. The molecule has 38 heavy (non-hydrogen) atoms. The molecule has 2 heteroatoms. The highest BCUT2D eigenvalue weighted by atomic mass is 32.1. The molecule has 5 aromatic rings. The standard InChI is InChI=1S/C22H24B.C14H12S/c1-2-3-19-23(20-13-7-4-8-14-20,21-15-9-5-10-16-21)22-17-11-6-12-18-22;15-11-14(12-7-3-1-4-8-12)13-9-5-2-6-10-13/h4-18H,2-3,19H2,1H3;1-11,15H/q-1;/p+1. The molecule has 0 unspecified atom stereocenters. The van der Waals surface area contributed by atoms with Crippen molar-refractivity contribution in [3.8, 4) is 0 Å². The molecule has 0 aliphatic rings. The SMILES string of the molecule is CCCC[B-](c1ccccc1)(c1ccccc1)c1ccccc1.[SH2+]C=C(c1ccccc1)c1ccccc1. The second-order valence-electron chi connectivity index (χ2n) is 9.71. The second kappa shape index (κ2) is 14.3. The first-order valence-corrected chi connectivity index (χ1v) is 14.2. The molecule has 0 aliphatic carbocycles. The lowest BCUT2D eigenvalue weighted by Gasteiger charge is -2.43. The van der Waals surface area contributed by atoms with Crippen molar-refractivity contribution in [3.05, 3.63) is 168 Å². The zero-order valence-electron chi connectivity index (χ0n) is 22.2. The molecule has 0 fully saturated rings. The summed E-state index contributed by atoms with van der Waals surface area (Å²) in [7, 11) is 0. The van der Waals surface area contributed by atoms with Gasteiger partial charge < -0.3 is 0 Å². The summed E-state index contributed by atoms with van der Waals surface area (Å²) < 4.78 is 0. The maximum Gasteiger partial charge on any atom is 0.123 e. The molecule has 0 saturated heterocycles. The van der Waals surface area contributed by atoms with E-state index in [9.17, 15) is 0 Å². The van der Waals surface area contributed by atoms with E-state index in [0.29, 0.717) is 0 Å². The van der Waals surface area contributed by atoms with Crippen molar-refractivity contribution < 1.29 is 0 Å². The van der Waals surface area contributed by atoms with Crippen LogP contribution in [0.5, 0.6) is 0 Å². The van der Waals surface area contributed by atoms with Crippen LogP contribution in [-0.4, -0.2) is 6.15 Å². The average Bonchev–Trinajstić information content (AvgIpc) is 3.01. The normalized spacial score (nSPS) is 10.7. The summed E-state index contributed by atoms with van der Waals surface area (Å²) in [6.45, 7) is 2.28. The summed E-state index contributed by atoms with van der Waals surface area (Å²) >= 11 is 3.48. The third-order valence-electron chi connectivity index (χ3n) is 7.41. The minimum absolute atomic E-state index is 0.913. The smallest absolute Gasteiger partial charge is 0.123 e. The fraction of sp³-hybridized carbons (Fsp3) is 0.111. The molecule has 0 amide bonds. The summed E-state index contributed by atoms with van der Waals surface area (Å²) in [6.07, 6.45) is 2.73. The summed E-state index contributed by atoms with van der Waals surface area (Å²) in [5.41, 5.74) is 7.97. The van der Waals surface area contributed by atoms with E-state index in [2.05, 4.69) is 135 Å². The maximum absolute atomic E-state index is 3.48. The van der Waals surface area contributed by atoms with Gasteiger partial charge in [0.2, 0.25) is 0 Å². The van der Waals surface area contributed by atoms with E-state index < -0.39 is 6.15 Å². The Morgan fingerprint density at radius 1 is 0.526 bits per heavy atom. The van der Waals surface area contributed by atoms with Crippen molar-refractivity contribution >= 4 is 40.7 Å². The molecule has 0 saturated carbocycles. The lowest BCUT2D eigenvalue weighted by atomic mass is 9.14. The van der Waals surface area contributed by atoms with Crippen molar-refractivity contribution in [1.29, 1.82) is 0 Å². The fourth-order valence-corrected chi connectivity index (χ4v) is 5.83. The Kier molecular flexibility index (Phi) is 10.2. The highest BCUT2D eigenvalue weighted by Crippen LogP contribution is 2.22. The van der Waals surface area contributed by atoms with E-state index in [1.165, 1.54) is 52.3 Å². The van der Waals surface area contributed by atoms with Crippen molar-refractivity contribution in [2.24, 2.45) is 0 Å². The highest BCUT2D eigenvalue weighted by Gasteiger charge is 2.28. The van der Waals surface area contributed by atoms with Gasteiger partial charge in [-0.2, -0.15) is 22.7 Å². The predicted octanol–water partition coefficient (Wildman–Crippen LogP) is 7.04. The molecule has 5 rings (SSSR count). The zero-order valence-corrected chi connectivity index (χ0v) is 23.2. The van der Waals surface area contributed by atoms with E-state index in [1.54, 1.807) is 0 Å². The molecule has 0 N–H and O–H groups in total. The van der Waals surface area contributed by atoms with Crippen LogP contribution in [-0.2, 0) is 12.6 Å². The van der Waals surface area contributed by atoms with Gasteiger partial charge in [0.15, 0.2) is 0 Å². The van der Waals surface area contributed by atoms with Crippen molar-refractivity contribution in [1.82, 2.24) is 0 Å². The topological polar surface area (TPSA) is 0 Å². The lowest BCUT2D eigenvalue weighted by molar-refractivity contribution is 0.874. The fourth-order valence-electron chi connectivity index (χ4n) is 5.50. The van der Waals surface area contributed by atoms with Crippen LogP contribution in [0.4, 0.5) is 0 Å². The van der Waals surface area contributed by atoms with Crippen LogP contribution in [0.1, 0.15) is 30.9 Å². The van der Waals surface area contributed by atoms with Crippen LogP contribution >= 0.6 is 0 Å². The Balaban J connectivity index is 0.000000194. The third-order valence-corrected chi connectivity index (χ3v) is 7.70. The van der Waals surface area contributed by atoms with Gasteiger partial charge in [-0.15, -0.1) is 0 Å². The monoisotopic (exact) mass is 512 g/mol. The molecular weight excluding hydrogens is 475 g/mol. The van der Waals surface area contributed by atoms with Gasteiger partial charge in [0, 0.05) is 5.57 Å². The first-order valence-electron chi connectivity index (χ1n) is 13.6. The van der Waals surface area contributed by atoms with Crippen LogP contribution in [0.25, 0.3) is 5.57 Å². The first kappa shape index (κ1) is 27.3. The van der Waals surface area contributed by atoms with Gasteiger partial charge in [0.1, 0.15) is 5.41 Å². The molecule has 0 bridgehead atoms. The van der Waals surface area contributed by atoms with Gasteiger partial charge in [0.05, 0.1) is 6.15 Å². The van der Waals surface area contributed by atoms with Crippen molar-refractivity contribution in [3.63, 3.8) is 0 Å². The summed E-state index contributed by atoms with van der Waals surface area (Å²) in [5, 5.41) is 1.96. The van der Waals surface area contributed by atoms with Gasteiger partial charge in [-0.3, -0.25) is 0 Å². The molecule has 190 valence electrons. The van der Waals surface area contributed by atoms with Gasteiger partial charge in [-0.25, -0.2) is 0 Å². The van der Waals surface area contributed by atoms with Crippen molar-refractivity contribution in [2.75, 3.05) is 0 Å². The Hall–Kier alpha value is -3.75. The van der Waals surface area contributed by atoms with Gasteiger partial charge >= 0.3 is 0 Å². The molecule has 5 aromatic carbocycles. The second-order valence-corrected chi connectivity index (χ2v) is 10.00. The number of rotatable bonds is 8. The quantitative estimate of drug-likeness (QED) is 0.154. The predicted molar refractivity (Wildman–Crippen MR) is 174 cm³/mol. The maximum atomic E-state index is 3.48. The first-order chi connectivity index (χ1) is 18.8. The Labute approximate surface area is 234 Å². The highest BCUT2D eigenvalue weighted by molar-refractivity contribution is 7.62. The number of unbranched alkanes of at least 4 members (excludes halogenated alkanes) is 1. The molecule has 0 nitrogen and oxygen atoms in total. The number of hydrogen-bond acceptors (Lipinski definition) is 0. The van der Waals surface area contributed by atoms with Crippen LogP contribution in [0.2, 0.25) is 6.32 Å². The molecule has 0 atom stereocenters. The molecule has 0 radical (unpaired) electrons. The third kappa shape index (κ3) is 6.57. The Bertz CT molecular complexity index is 1230. The van der Waals surface area contributed by atoms with Gasteiger partial charge in [-0.05, 0) is 23.8 Å². The van der Waals surface area contributed by atoms with Crippen LogP contribution in [0, 0.1) is 0 Å². The van der Waals surface area contributed by atoms with E-state index in [0.717, 1.165) is 0 Å². The molecule has 0 aliphatic heterocycles. The Morgan fingerprint density at radius 2 is 0.842 bits per heavy atom. The number of hydrogen-bond donors (Lipinski definition) is 0. The van der Waals surface area contributed by atoms with Crippen LogP contribution < -0.4 is 16.4 Å². The number of benzene rings is 5. The minimum atomic E-state index is -0.913. The van der Waals surface area contributed by atoms with Gasteiger partial charge in [-0.1, -0.05) is 171 Å². The van der Waals surface area contributed by atoms with Crippen LogP contribution in [0.15, 0.2) is 157 Å². The van der Waals surface area contributed by atoms with E-state index in [-0.39, 0.29) is 0 Å².